The third-order valence-corrected chi connectivity index (χ3v) is 7.75. The summed E-state index contributed by atoms with van der Waals surface area (Å²) in [5.41, 5.74) is 4.69. The number of piperazine rings is 1. The summed E-state index contributed by atoms with van der Waals surface area (Å²) in [7, 11) is 2.18. The Bertz CT molecular complexity index is 1130. The van der Waals surface area contributed by atoms with E-state index in [1.165, 1.54) is 4.88 Å². The molecule has 3 aromatic rings. The number of thiazole rings is 1. The van der Waals surface area contributed by atoms with Gasteiger partial charge in [0.15, 0.2) is 5.13 Å². The largest absolute Gasteiger partial charge is 0.494 e. The van der Waals surface area contributed by atoms with Crippen molar-refractivity contribution in [3.05, 3.63) is 59.0 Å². The molecular formula is C28H37N5O3S. The van der Waals surface area contributed by atoms with Crippen LogP contribution in [0.3, 0.4) is 0 Å². The van der Waals surface area contributed by atoms with Crippen molar-refractivity contribution in [2.45, 2.75) is 32.6 Å². The number of likely N-dealkylation sites (N-methyl/N-ethyl adjacent to an activating group) is 1. The lowest BCUT2D eigenvalue weighted by Crippen LogP contribution is -2.44. The summed E-state index contributed by atoms with van der Waals surface area (Å²) in [6, 6.07) is 15.4. The van der Waals surface area contributed by atoms with Crippen LogP contribution in [0.1, 0.15) is 36.6 Å². The Morgan fingerprint density at radius 2 is 1.54 bits per heavy atom. The molecule has 8 nitrogen and oxygen atoms in total. The van der Waals surface area contributed by atoms with Gasteiger partial charge in [-0.2, -0.15) is 0 Å². The molecule has 37 heavy (non-hydrogen) atoms. The quantitative estimate of drug-likeness (QED) is 0.132. The lowest BCUT2D eigenvalue weighted by molar-refractivity contribution is 0.234. The minimum Gasteiger partial charge on any atom is -0.494 e. The van der Waals surface area contributed by atoms with E-state index in [0.717, 1.165) is 79.8 Å². The number of hydrogen-bond donors (Lipinski definition) is 3. The van der Waals surface area contributed by atoms with Crippen LogP contribution in [0.25, 0.3) is 11.3 Å². The van der Waals surface area contributed by atoms with Gasteiger partial charge in [-0.25, -0.2) is 4.98 Å². The molecule has 0 aliphatic carbocycles. The number of aromatic nitrogens is 1. The van der Waals surface area contributed by atoms with Crippen LogP contribution in [0.5, 0.6) is 11.5 Å². The molecule has 0 bridgehead atoms. The van der Waals surface area contributed by atoms with Gasteiger partial charge in [-0.05, 0) is 81.3 Å². The fraction of sp³-hybridized carbons (Fsp3) is 0.429. The van der Waals surface area contributed by atoms with Gasteiger partial charge >= 0.3 is 0 Å². The Morgan fingerprint density at radius 3 is 2.11 bits per heavy atom. The molecule has 3 N–H and O–H groups in total. The second-order valence-corrected chi connectivity index (χ2v) is 10.3. The van der Waals surface area contributed by atoms with Crippen molar-refractivity contribution in [1.29, 1.82) is 5.41 Å². The molecule has 2 aromatic carbocycles. The fourth-order valence-corrected chi connectivity index (χ4v) is 5.26. The van der Waals surface area contributed by atoms with Gasteiger partial charge in [0.25, 0.3) is 0 Å². The Balaban J connectivity index is 1.18. The fourth-order valence-electron chi connectivity index (χ4n) is 4.19. The number of aryl methyl sites for hydroxylation is 1. The van der Waals surface area contributed by atoms with E-state index in [4.69, 9.17) is 25.1 Å². The van der Waals surface area contributed by atoms with Crippen molar-refractivity contribution in [3.63, 3.8) is 0 Å². The first-order chi connectivity index (χ1) is 18.1. The molecule has 1 aliphatic rings. The molecular weight excluding hydrogens is 486 g/mol. The van der Waals surface area contributed by atoms with Crippen molar-refractivity contribution < 1.29 is 14.7 Å². The molecule has 9 heteroatoms. The highest BCUT2D eigenvalue weighted by molar-refractivity contribution is 7.16. The molecule has 0 radical (unpaired) electrons. The average molecular weight is 524 g/mol. The lowest BCUT2D eigenvalue weighted by Gasteiger charge is -2.32. The number of hydrogen-bond acceptors (Lipinski definition) is 8. The minimum atomic E-state index is -0.0367. The molecule has 0 atom stereocenters. The van der Waals surface area contributed by atoms with Gasteiger partial charge in [0.1, 0.15) is 17.3 Å². The van der Waals surface area contributed by atoms with Gasteiger partial charge in [0.2, 0.25) is 0 Å². The molecule has 1 fully saturated rings. The molecule has 2 heterocycles. The van der Waals surface area contributed by atoms with Crippen molar-refractivity contribution >= 4 is 22.3 Å². The monoisotopic (exact) mass is 523 g/mol. The Kier molecular flexibility index (Phi) is 9.76. The van der Waals surface area contributed by atoms with Gasteiger partial charge in [-0.3, -0.25) is 16.1 Å². The van der Waals surface area contributed by atoms with E-state index in [1.54, 1.807) is 24.3 Å². The highest BCUT2D eigenvalue weighted by Gasteiger charge is 2.20. The highest BCUT2D eigenvalue weighted by Crippen LogP contribution is 2.34. The molecule has 1 aliphatic heterocycles. The number of anilines is 1. The smallest absolute Gasteiger partial charge is 0.186 e. The summed E-state index contributed by atoms with van der Waals surface area (Å²) >= 11 is 1.83. The molecule has 0 amide bonds. The summed E-state index contributed by atoms with van der Waals surface area (Å²) in [6.45, 7) is 7.75. The molecule has 0 unspecified atom stereocenters. The van der Waals surface area contributed by atoms with Crippen LogP contribution in [-0.2, 0) is 6.42 Å². The number of nitrogens with one attached hydrogen (secondary N) is 2. The van der Waals surface area contributed by atoms with Gasteiger partial charge in [0, 0.05) is 42.2 Å². The van der Waals surface area contributed by atoms with Crippen LogP contribution in [0.4, 0.5) is 5.13 Å². The first-order valence-electron chi connectivity index (χ1n) is 13.0. The van der Waals surface area contributed by atoms with Crippen LogP contribution >= 0.6 is 11.3 Å². The molecule has 1 saturated heterocycles. The zero-order valence-corrected chi connectivity index (χ0v) is 22.5. The SMILES string of the molecule is CCc1sc(N2CCN(C)CC2)nc1-c1ccc(OCCCCCOc2ccc(C(=N)NO)cc2)cc1. The maximum absolute atomic E-state index is 8.78. The third kappa shape index (κ3) is 7.44. The molecule has 0 saturated carbocycles. The Hall–Kier alpha value is -3.14. The number of rotatable bonds is 12. The topological polar surface area (TPSA) is 93.9 Å². The molecule has 4 rings (SSSR count). The number of unbranched alkanes of at least 4 members (excludes halogenated alkanes) is 2. The van der Waals surface area contributed by atoms with E-state index in [1.807, 2.05) is 28.9 Å². The summed E-state index contributed by atoms with van der Waals surface area (Å²) in [6.07, 6.45) is 3.91. The van der Waals surface area contributed by atoms with Gasteiger partial charge in [0.05, 0.1) is 18.9 Å². The molecule has 198 valence electrons. The van der Waals surface area contributed by atoms with Crippen molar-refractivity contribution in [1.82, 2.24) is 15.4 Å². The number of benzene rings is 2. The average Bonchev–Trinajstić information content (AvgIpc) is 3.37. The predicted molar refractivity (Wildman–Crippen MR) is 150 cm³/mol. The van der Waals surface area contributed by atoms with Crippen LogP contribution in [-0.4, -0.2) is 67.4 Å². The van der Waals surface area contributed by atoms with Crippen molar-refractivity contribution in [2.75, 3.05) is 51.3 Å². The number of hydroxylamine groups is 1. The number of ether oxygens (including phenoxy) is 2. The Labute approximate surface area is 223 Å². The van der Waals surface area contributed by atoms with E-state index in [0.29, 0.717) is 18.8 Å². The van der Waals surface area contributed by atoms with Gasteiger partial charge in [-0.15, -0.1) is 11.3 Å². The van der Waals surface area contributed by atoms with Gasteiger partial charge in [-0.1, -0.05) is 6.92 Å². The zero-order valence-electron chi connectivity index (χ0n) is 21.7. The van der Waals surface area contributed by atoms with Crippen molar-refractivity contribution in [2.24, 2.45) is 0 Å². The number of nitrogens with zero attached hydrogens (tertiary/aromatic N) is 3. The summed E-state index contributed by atoms with van der Waals surface area (Å²) < 4.78 is 11.7. The van der Waals surface area contributed by atoms with Gasteiger partial charge < -0.3 is 19.3 Å². The van der Waals surface area contributed by atoms with Crippen LogP contribution in [0.2, 0.25) is 0 Å². The summed E-state index contributed by atoms with van der Waals surface area (Å²) in [5.74, 6) is 1.61. The van der Waals surface area contributed by atoms with Crippen LogP contribution in [0.15, 0.2) is 48.5 Å². The maximum atomic E-state index is 8.78. The van der Waals surface area contributed by atoms with Crippen molar-refractivity contribution in [3.8, 4) is 22.8 Å². The standard InChI is InChI=1S/C28H37N5O3S/c1-3-25-26(30-28(37-25)33-17-15-32(2)16-18-33)21-7-11-23(12-8-21)35-19-5-4-6-20-36-24-13-9-22(10-14-24)27(29)31-34/h7-14,34H,3-6,15-20H2,1-2H3,(H2,29,31). The minimum absolute atomic E-state index is 0.0367. The molecule has 1 aromatic heterocycles. The number of amidine groups is 1. The highest BCUT2D eigenvalue weighted by atomic mass is 32.1. The van der Waals surface area contributed by atoms with Crippen LogP contribution in [0, 0.1) is 5.41 Å². The second-order valence-electron chi connectivity index (χ2n) is 9.21. The summed E-state index contributed by atoms with van der Waals surface area (Å²) in [4.78, 5) is 11.1. The van der Waals surface area contributed by atoms with E-state index in [9.17, 15) is 0 Å². The van der Waals surface area contributed by atoms with Crippen LogP contribution < -0.4 is 19.9 Å². The predicted octanol–water partition coefficient (Wildman–Crippen LogP) is 5.06. The third-order valence-electron chi connectivity index (χ3n) is 6.49. The van der Waals surface area contributed by atoms with E-state index in [2.05, 4.69) is 35.9 Å². The summed E-state index contributed by atoms with van der Waals surface area (Å²) in [5, 5.41) is 17.5. The second kappa shape index (κ2) is 13.4. The normalized spacial score (nSPS) is 14.0. The first kappa shape index (κ1) is 26.9. The lowest BCUT2D eigenvalue weighted by atomic mass is 10.1. The molecule has 0 spiro atoms. The van der Waals surface area contributed by atoms with E-state index in [-0.39, 0.29) is 5.84 Å². The van der Waals surface area contributed by atoms with E-state index >= 15 is 0 Å². The maximum Gasteiger partial charge on any atom is 0.186 e. The van der Waals surface area contributed by atoms with E-state index < -0.39 is 0 Å². The first-order valence-corrected chi connectivity index (χ1v) is 13.8. The zero-order chi connectivity index (χ0) is 26.0. The Morgan fingerprint density at radius 1 is 0.946 bits per heavy atom.